The number of anilines is 2. The summed E-state index contributed by atoms with van der Waals surface area (Å²) < 4.78 is 0. The number of carbonyl (C=O) groups excluding carboxylic acids is 1. The van der Waals surface area contributed by atoms with Gasteiger partial charge in [0.05, 0.1) is 5.69 Å². The number of nitrogens with zero attached hydrogens (tertiary/aromatic N) is 1. The Hall–Kier alpha value is -1.94. The van der Waals surface area contributed by atoms with Crippen LogP contribution in [0.25, 0.3) is 0 Å². The lowest BCUT2D eigenvalue weighted by Crippen LogP contribution is -2.34. The van der Waals surface area contributed by atoms with Gasteiger partial charge in [-0.2, -0.15) is 0 Å². The van der Waals surface area contributed by atoms with Gasteiger partial charge in [-0.15, -0.1) is 12.6 Å². The van der Waals surface area contributed by atoms with Gasteiger partial charge in [-0.3, -0.25) is 4.90 Å². The molecule has 2 rings (SSSR count). The lowest BCUT2D eigenvalue weighted by molar-refractivity contribution is 0.257. The molecule has 0 aliphatic carbocycles. The predicted octanol–water partition coefficient (Wildman–Crippen LogP) is 4.03. The van der Waals surface area contributed by atoms with E-state index in [9.17, 15) is 4.79 Å². The number of thiol groups is 1. The second-order valence-electron chi connectivity index (χ2n) is 4.03. The van der Waals surface area contributed by atoms with E-state index in [1.165, 1.54) is 0 Å². The first-order chi connectivity index (χ1) is 9.22. The molecule has 2 amide bonds. The van der Waals surface area contributed by atoms with Crippen LogP contribution in [0.3, 0.4) is 0 Å². The molecule has 0 aliphatic heterocycles. The second kappa shape index (κ2) is 6.29. The van der Waals surface area contributed by atoms with Crippen LogP contribution in [0, 0.1) is 0 Å². The van der Waals surface area contributed by atoms with Crippen molar-refractivity contribution >= 4 is 30.0 Å². The molecule has 0 aliphatic rings. The molecule has 4 heteroatoms. The minimum absolute atomic E-state index is 0.157. The van der Waals surface area contributed by atoms with Crippen molar-refractivity contribution in [2.24, 2.45) is 0 Å². The third-order valence-corrected chi connectivity index (χ3v) is 3.16. The zero-order valence-electron chi connectivity index (χ0n) is 10.7. The van der Waals surface area contributed by atoms with Crippen LogP contribution in [0.5, 0.6) is 0 Å². The summed E-state index contributed by atoms with van der Waals surface area (Å²) in [5.41, 5.74) is 1.59. The lowest BCUT2D eigenvalue weighted by Gasteiger charge is -2.21. The van der Waals surface area contributed by atoms with Crippen molar-refractivity contribution in [3.63, 3.8) is 0 Å². The van der Waals surface area contributed by atoms with E-state index in [1.807, 2.05) is 61.5 Å². The fourth-order valence-corrected chi connectivity index (χ4v) is 2.03. The Bertz CT molecular complexity index is 557. The molecule has 0 aromatic heterocycles. The molecule has 1 N–H and O–H groups in total. The van der Waals surface area contributed by atoms with Gasteiger partial charge < -0.3 is 5.32 Å². The van der Waals surface area contributed by atoms with Crippen molar-refractivity contribution in [2.75, 3.05) is 16.8 Å². The van der Waals surface area contributed by atoms with Gasteiger partial charge >= 0.3 is 6.03 Å². The van der Waals surface area contributed by atoms with Gasteiger partial charge in [0.2, 0.25) is 0 Å². The zero-order chi connectivity index (χ0) is 13.7. The Labute approximate surface area is 118 Å². The van der Waals surface area contributed by atoms with Crippen LogP contribution >= 0.6 is 12.6 Å². The van der Waals surface area contributed by atoms with E-state index in [4.69, 9.17) is 0 Å². The highest BCUT2D eigenvalue weighted by molar-refractivity contribution is 7.80. The van der Waals surface area contributed by atoms with Crippen molar-refractivity contribution < 1.29 is 4.79 Å². The molecule has 3 nitrogen and oxygen atoms in total. The average molecular weight is 272 g/mol. The maximum Gasteiger partial charge on any atom is 0.326 e. The number of amides is 2. The monoisotopic (exact) mass is 272 g/mol. The van der Waals surface area contributed by atoms with Gasteiger partial charge in [0.15, 0.2) is 0 Å². The summed E-state index contributed by atoms with van der Waals surface area (Å²) in [6.45, 7) is 2.55. The molecule has 98 valence electrons. The third kappa shape index (κ3) is 3.29. The maximum absolute atomic E-state index is 12.3. The van der Waals surface area contributed by atoms with E-state index >= 15 is 0 Å². The Morgan fingerprint density at radius 2 is 1.74 bits per heavy atom. The number of para-hydroxylation sites is 2. The summed E-state index contributed by atoms with van der Waals surface area (Å²) in [6.07, 6.45) is 0. The van der Waals surface area contributed by atoms with Crippen LogP contribution < -0.4 is 10.2 Å². The number of benzene rings is 2. The Morgan fingerprint density at radius 3 is 2.37 bits per heavy atom. The number of hydrogen-bond acceptors (Lipinski definition) is 2. The van der Waals surface area contributed by atoms with Crippen LogP contribution in [0.2, 0.25) is 0 Å². The SMILES string of the molecule is CCN(C(=O)Nc1ccccc1S)c1ccccc1. The van der Waals surface area contributed by atoms with E-state index in [1.54, 1.807) is 4.90 Å². The van der Waals surface area contributed by atoms with Crippen molar-refractivity contribution in [1.29, 1.82) is 0 Å². The number of hydrogen-bond donors (Lipinski definition) is 2. The summed E-state index contributed by atoms with van der Waals surface area (Å²) in [6, 6.07) is 16.9. The molecule has 2 aromatic rings. The lowest BCUT2D eigenvalue weighted by atomic mass is 10.3. The van der Waals surface area contributed by atoms with Crippen LogP contribution in [0.4, 0.5) is 16.2 Å². The van der Waals surface area contributed by atoms with Crippen LogP contribution in [0.1, 0.15) is 6.92 Å². The fraction of sp³-hybridized carbons (Fsp3) is 0.133. The first-order valence-corrected chi connectivity index (χ1v) is 6.58. The van der Waals surface area contributed by atoms with E-state index < -0.39 is 0 Å². The summed E-state index contributed by atoms with van der Waals surface area (Å²) in [4.78, 5) is 14.7. The smallest absolute Gasteiger partial charge is 0.306 e. The van der Waals surface area contributed by atoms with Crippen molar-refractivity contribution in [3.8, 4) is 0 Å². The van der Waals surface area contributed by atoms with Gasteiger partial charge in [0.1, 0.15) is 0 Å². The van der Waals surface area contributed by atoms with Crippen molar-refractivity contribution in [1.82, 2.24) is 0 Å². The molecular weight excluding hydrogens is 256 g/mol. The summed E-state index contributed by atoms with van der Waals surface area (Å²) in [7, 11) is 0. The van der Waals surface area contributed by atoms with E-state index in [0.717, 1.165) is 10.6 Å². The molecule has 0 spiro atoms. The highest BCUT2D eigenvalue weighted by Gasteiger charge is 2.14. The number of urea groups is 1. The number of carbonyl (C=O) groups is 1. The topological polar surface area (TPSA) is 32.3 Å². The maximum atomic E-state index is 12.3. The molecule has 0 saturated heterocycles. The normalized spacial score (nSPS) is 10.0. The fourth-order valence-electron chi connectivity index (χ4n) is 1.81. The van der Waals surface area contributed by atoms with Crippen molar-refractivity contribution in [3.05, 3.63) is 54.6 Å². The summed E-state index contributed by atoms with van der Waals surface area (Å²) in [5.74, 6) is 0. The minimum atomic E-state index is -0.157. The van der Waals surface area contributed by atoms with E-state index in [-0.39, 0.29) is 6.03 Å². The van der Waals surface area contributed by atoms with Gasteiger partial charge in [-0.25, -0.2) is 4.79 Å². The van der Waals surface area contributed by atoms with Crippen LogP contribution in [0.15, 0.2) is 59.5 Å². The predicted molar refractivity (Wildman–Crippen MR) is 82.2 cm³/mol. The molecule has 0 bridgehead atoms. The van der Waals surface area contributed by atoms with Crippen LogP contribution in [-0.4, -0.2) is 12.6 Å². The second-order valence-corrected chi connectivity index (χ2v) is 4.51. The molecule has 2 aromatic carbocycles. The highest BCUT2D eigenvalue weighted by atomic mass is 32.1. The van der Waals surface area contributed by atoms with Crippen LogP contribution in [-0.2, 0) is 0 Å². The largest absolute Gasteiger partial charge is 0.326 e. The first kappa shape index (κ1) is 13.5. The van der Waals surface area contributed by atoms with E-state index in [0.29, 0.717) is 12.2 Å². The zero-order valence-corrected chi connectivity index (χ0v) is 11.6. The van der Waals surface area contributed by atoms with Gasteiger partial charge in [0.25, 0.3) is 0 Å². The Morgan fingerprint density at radius 1 is 1.11 bits per heavy atom. The molecule has 0 unspecified atom stereocenters. The summed E-state index contributed by atoms with van der Waals surface area (Å²) >= 11 is 4.32. The van der Waals surface area contributed by atoms with E-state index in [2.05, 4.69) is 17.9 Å². The first-order valence-electron chi connectivity index (χ1n) is 6.14. The standard InChI is InChI=1S/C15H16N2OS/c1-2-17(12-8-4-3-5-9-12)15(18)16-13-10-6-7-11-14(13)19/h3-11,19H,2H2,1H3,(H,16,18). The molecule has 0 saturated carbocycles. The Kier molecular flexibility index (Phi) is 4.47. The molecule has 0 radical (unpaired) electrons. The summed E-state index contributed by atoms with van der Waals surface area (Å²) in [5, 5.41) is 2.87. The quantitative estimate of drug-likeness (QED) is 0.812. The number of nitrogens with one attached hydrogen (secondary N) is 1. The van der Waals surface area contributed by atoms with Gasteiger partial charge in [-0.1, -0.05) is 30.3 Å². The number of rotatable bonds is 3. The molecule has 19 heavy (non-hydrogen) atoms. The highest BCUT2D eigenvalue weighted by Crippen LogP contribution is 2.20. The van der Waals surface area contributed by atoms with Gasteiger partial charge in [0, 0.05) is 17.1 Å². The van der Waals surface area contributed by atoms with Crippen molar-refractivity contribution in [2.45, 2.75) is 11.8 Å². The average Bonchev–Trinajstić information content (AvgIpc) is 2.43. The minimum Gasteiger partial charge on any atom is -0.306 e. The Balaban J connectivity index is 2.17. The molecule has 0 fully saturated rings. The molecule has 0 heterocycles. The third-order valence-electron chi connectivity index (χ3n) is 2.77. The molecular formula is C15H16N2OS. The van der Waals surface area contributed by atoms with Gasteiger partial charge in [-0.05, 0) is 31.2 Å². The molecule has 0 atom stereocenters.